The first kappa shape index (κ1) is 36.3. The highest BCUT2D eigenvalue weighted by Gasteiger charge is 2.31. The van der Waals surface area contributed by atoms with Gasteiger partial charge in [-0.15, -0.1) is 10.2 Å². The second kappa shape index (κ2) is 16.3. The van der Waals surface area contributed by atoms with Crippen LogP contribution in [0.5, 0.6) is 5.75 Å². The molecular formula is C39H44ClN9O4. The van der Waals surface area contributed by atoms with E-state index in [0.29, 0.717) is 54.8 Å². The molecule has 0 atom stereocenters. The Morgan fingerprint density at radius 2 is 1.75 bits per heavy atom. The summed E-state index contributed by atoms with van der Waals surface area (Å²) in [5, 5.41) is 21.1. The maximum absolute atomic E-state index is 13.5. The first-order chi connectivity index (χ1) is 25.8. The molecule has 276 valence electrons. The molecule has 3 aromatic heterocycles. The zero-order valence-corrected chi connectivity index (χ0v) is 30.6. The number of hydrogen-bond donors (Lipinski definition) is 2. The Balaban J connectivity index is 0.822. The maximum Gasteiger partial charge on any atom is 0.272 e. The number of ether oxygens (including phenoxy) is 1. The highest BCUT2D eigenvalue weighted by atomic mass is 35.5. The average molecular weight is 738 g/mol. The monoisotopic (exact) mass is 737 g/mol. The van der Waals surface area contributed by atoms with Crippen molar-refractivity contribution in [3.8, 4) is 11.8 Å². The molecule has 1 aromatic carbocycles. The van der Waals surface area contributed by atoms with E-state index in [9.17, 15) is 14.4 Å². The molecule has 3 aliphatic rings. The van der Waals surface area contributed by atoms with Crippen LogP contribution in [-0.2, 0) is 17.8 Å². The molecule has 0 bridgehead atoms. The normalized spacial score (nSPS) is 19.9. The van der Waals surface area contributed by atoms with Gasteiger partial charge in [0.25, 0.3) is 11.5 Å². The van der Waals surface area contributed by atoms with Crippen molar-refractivity contribution in [2.75, 3.05) is 44.2 Å². The van der Waals surface area contributed by atoms with Crippen LogP contribution in [0.15, 0.2) is 53.5 Å². The van der Waals surface area contributed by atoms with E-state index in [-0.39, 0.29) is 41.1 Å². The minimum Gasteiger partial charge on any atom is -0.490 e. The number of halogens is 1. The molecule has 3 fully saturated rings. The zero-order valence-electron chi connectivity index (χ0n) is 29.9. The number of aryl methyl sites for hydroxylation is 1. The number of rotatable bonds is 9. The number of anilines is 1. The van der Waals surface area contributed by atoms with Crippen LogP contribution in [0, 0.1) is 17.2 Å². The standard InChI is InChI=1S/C39H44ClN9O4/c1-2-26-20-34-35(44-37(26)50)19-25(23-42-34)24-47-15-17-49(18-16-47)39(52)27-11-13-48(14-12-27)36-10-9-33(45-46-36)38(51)43-29-4-7-30(8-5-29)53-31-6-3-28(22-41)32(40)21-31/h3,6,9-10,19-21,23,27,29-30H,2,4-5,7-8,11-18,24H2,1H3,(H,43,51)(H,44,50). The van der Waals surface area contributed by atoms with Gasteiger partial charge in [-0.3, -0.25) is 24.3 Å². The number of amides is 2. The topological polar surface area (TPSA) is 160 Å². The molecule has 4 aromatic rings. The van der Waals surface area contributed by atoms with Crippen molar-refractivity contribution in [2.45, 2.75) is 70.6 Å². The third kappa shape index (κ3) is 8.61. The summed E-state index contributed by atoms with van der Waals surface area (Å²) in [7, 11) is 0. The number of aromatic amines is 1. The first-order valence-electron chi connectivity index (χ1n) is 18.5. The summed E-state index contributed by atoms with van der Waals surface area (Å²) in [6, 6.07) is 14.6. The SMILES string of the molecule is CCc1cc2ncc(CN3CCN(C(=O)C4CCN(c5ccc(C(=O)NC6CCC(Oc7ccc(C#N)c(Cl)c7)CC6)nn5)CC4)CC3)cc2[nH]c1=O. The molecule has 14 heteroatoms. The molecule has 2 aliphatic heterocycles. The molecule has 2 saturated heterocycles. The van der Waals surface area contributed by atoms with Gasteiger partial charge in [-0.05, 0) is 86.9 Å². The molecule has 2 amide bonds. The Hall–Kier alpha value is -5.06. The quantitative estimate of drug-likeness (QED) is 0.251. The number of H-pyrrole nitrogens is 1. The summed E-state index contributed by atoms with van der Waals surface area (Å²) >= 11 is 6.14. The van der Waals surface area contributed by atoms with Crippen LogP contribution in [0.4, 0.5) is 5.82 Å². The number of hydrogen-bond acceptors (Lipinski definition) is 10. The van der Waals surface area contributed by atoms with Gasteiger partial charge in [-0.1, -0.05) is 18.5 Å². The molecule has 2 N–H and O–H groups in total. The van der Waals surface area contributed by atoms with Gasteiger partial charge in [0.15, 0.2) is 11.5 Å². The van der Waals surface area contributed by atoms with Crippen molar-refractivity contribution < 1.29 is 14.3 Å². The Labute approximate surface area is 313 Å². The predicted molar refractivity (Wildman–Crippen MR) is 201 cm³/mol. The van der Waals surface area contributed by atoms with Gasteiger partial charge in [0.2, 0.25) is 5.91 Å². The summed E-state index contributed by atoms with van der Waals surface area (Å²) in [5.74, 6) is 1.30. The number of piperazine rings is 1. The zero-order chi connectivity index (χ0) is 36.9. The smallest absolute Gasteiger partial charge is 0.272 e. The fourth-order valence-electron chi connectivity index (χ4n) is 7.57. The second-order valence-electron chi connectivity index (χ2n) is 14.2. The van der Waals surface area contributed by atoms with Crippen LogP contribution in [0.1, 0.15) is 72.6 Å². The minimum atomic E-state index is -0.243. The molecule has 13 nitrogen and oxygen atoms in total. The van der Waals surface area contributed by atoms with Crippen LogP contribution in [0.2, 0.25) is 5.02 Å². The molecule has 1 saturated carbocycles. The van der Waals surface area contributed by atoms with Crippen molar-refractivity contribution in [2.24, 2.45) is 5.92 Å². The van der Waals surface area contributed by atoms with Gasteiger partial charge < -0.3 is 24.8 Å². The predicted octanol–water partition coefficient (Wildman–Crippen LogP) is 4.48. The first-order valence-corrected chi connectivity index (χ1v) is 18.9. The van der Waals surface area contributed by atoms with E-state index >= 15 is 0 Å². The molecule has 5 heterocycles. The number of piperidine rings is 1. The molecular weight excluding hydrogens is 694 g/mol. The highest BCUT2D eigenvalue weighted by molar-refractivity contribution is 6.31. The molecule has 7 rings (SSSR count). The van der Waals surface area contributed by atoms with Gasteiger partial charge in [0.05, 0.1) is 27.7 Å². The van der Waals surface area contributed by atoms with Crippen LogP contribution in [0.3, 0.4) is 0 Å². The van der Waals surface area contributed by atoms with E-state index in [1.54, 1.807) is 24.3 Å². The minimum absolute atomic E-state index is 0.0189. The summed E-state index contributed by atoms with van der Waals surface area (Å²) in [4.78, 5) is 52.7. The van der Waals surface area contributed by atoms with Gasteiger partial charge in [-0.25, -0.2) is 0 Å². The van der Waals surface area contributed by atoms with E-state index in [1.165, 1.54) is 0 Å². The lowest BCUT2D eigenvalue weighted by Crippen LogP contribution is -2.51. The van der Waals surface area contributed by atoms with Gasteiger partial charge in [0, 0.05) is 75.6 Å². The van der Waals surface area contributed by atoms with E-state index in [4.69, 9.17) is 21.6 Å². The lowest BCUT2D eigenvalue weighted by molar-refractivity contribution is -0.138. The number of nitrogens with one attached hydrogen (secondary N) is 2. The van der Waals surface area contributed by atoms with Crippen molar-refractivity contribution in [3.63, 3.8) is 0 Å². The van der Waals surface area contributed by atoms with Crippen LogP contribution in [-0.4, -0.2) is 93.2 Å². The van der Waals surface area contributed by atoms with E-state index < -0.39 is 0 Å². The van der Waals surface area contributed by atoms with E-state index in [0.717, 1.165) is 80.3 Å². The summed E-state index contributed by atoms with van der Waals surface area (Å²) in [6.07, 6.45) is 7.19. The number of carbonyl (C=O) groups is 2. The van der Waals surface area contributed by atoms with Gasteiger partial charge in [0.1, 0.15) is 11.8 Å². The number of carbonyl (C=O) groups excluding carboxylic acids is 2. The summed E-state index contributed by atoms with van der Waals surface area (Å²) in [6.45, 7) is 7.03. The number of fused-ring (bicyclic) bond motifs is 1. The Kier molecular flexibility index (Phi) is 11.2. The number of benzene rings is 1. The largest absolute Gasteiger partial charge is 0.490 e. The Morgan fingerprint density at radius 1 is 0.981 bits per heavy atom. The second-order valence-corrected chi connectivity index (χ2v) is 14.6. The molecule has 0 spiro atoms. The summed E-state index contributed by atoms with van der Waals surface area (Å²) in [5.41, 5.74) is 3.96. The number of nitrogens with zero attached hydrogens (tertiary/aromatic N) is 7. The Morgan fingerprint density at radius 3 is 2.43 bits per heavy atom. The van der Waals surface area contributed by atoms with Crippen LogP contribution in [0.25, 0.3) is 11.0 Å². The molecule has 0 radical (unpaired) electrons. The van der Waals surface area contributed by atoms with Crippen molar-refractivity contribution >= 4 is 40.3 Å². The van der Waals surface area contributed by atoms with Gasteiger partial charge in [-0.2, -0.15) is 5.26 Å². The molecule has 53 heavy (non-hydrogen) atoms. The van der Waals surface area contributed by atoms with Crippen molar-refractivity contribution in [3.05, 3.63) is 86.4 Å². The number of nitriles is 1. The maximum atomic E-state index is 13.5. The number of pyridine rings is 2. The lowest BCUT2D eigenvalue weighted by atomic mass is 9.92. The van der Waals surface area contributed by atoms with Crippen molar-refractivity contribution in [1.82, 2.24) is 35.3 Å². The van der Waals surface area contributed by atoms with E-state index in [1.807, 2.05) is 36.2 Å². The lowest BCUT2D eigenvalue weighted by Gasteiger charge is -2.38. The molecule has 0 unspecified atom stereocenters. The number of aromatic nitrogens is 4. The molecule has 1 aliphatic carbocycles. The third-order valence-electron chi connectivity index (χ3n) is 10.7. The third-order valence-corrected chi connectivity index (χ3v) is 11.0. The summed E-state index contributed by atoms with van der Waals surface area (Å²) < 4.78 is 6.07. The van der Waals surface area contributed by atoms with Crippen LogP contribution < -0.4 is 20.5 Å². The van der Waals surface area contributed by atoms with Crippen molar-refractivity contribution in [1.29, 1.82) is 5.26 Å². The van der Waals surface area contributed by atoms with Gasteiger partial charge >= 0.3 is 0 Å². The average Bonchev–Trinajstić information content (AvgIpc) is 3.18. The van der Waals surface area contributed by atoms with Crippen LogP contribution >= 0.6 is 11.6 Å². The Bertz CT molecular complexity index is 2040. The fraction of sp³-hybridized carbons (Fsp3) is 0.462. The fourth-order valence-corrected chi connectivity index (χ4v) is 7.78. The highest BCUT2D eigenvalue weighted by Crippen LogP contribution is 2.28. The van der Waals surface area contributed by atoms with E-state index in [2.05, 4.69) is 41.4 Å².